The molecule has 2 aliphatic heterocycles. The van der Waals surface area contributed by atoms with Gasteiger partial charge in [0.25, 0.3) is 0 Å². The van der Waals surface area contributed by atoms with E-state index in [1.165, 1.54) is 6.42 Å². The molecular weight excluding hydrogens is 465 g/mol. The molecule has 2 aromatic carbocycles. The van der Waals surface area contributed by atoms with Crippen molar-refractivity contribution < 1.29 is 9.13 Å². The van der Waals surface area contributed by atoms with E-state index in [0.717, 1.165) is 56.1 Å². The molecule has 4 aromatic rings. The maximum absolute atomic E-state index is 16.4. The molecule has 6 nitrogen and oxygen atoms in total. The van der Waals surface area contributed by atoms with Gasteiger partial charge in [-0.25, -0.2) is 4.39 Å². The number of anilines is 1. The van der Waals surface area contributed by atoms with Gasteiger partial charge in [0, 0.05) is 41.8 Å². The largest absolute Gasteiger partial charge is 0.462 e. The minimum Gasteiger partial charge on any atom is -0.462 e. The first-order chi connectivity index (χ1) is 18.1. The molecule has 0 aliphatic carbocycles. The van der Waals surface area contributed by atoms with Gasteiger partial charge in [-0.2, -0.15) is 9.97 Å². The number of ether oxygens (including phenoxy) is 1. The lowest BCUT2D eigenvalue weighted by Gasteiger charge is -2.29. The number of fused-ring (bicyclic) bond motifs is 2. The lowest BCUT2D eigenvalue weighted by atomic mass is 9.97. The number of nitrogens with zero attached hydrogens (tertiary/aromatic N) is 5. The van der Waals surface area contributed by atoms with Crippen LogP contribution < -0.4 is 9.64 Å². The third kappa shape index (κ3) is 4.36. The van der Waals surface area contributed by atoms with Crippen LogP contribution in [0.5, 0.6) is 6.01 Å². The molecule has 0 N–H and O–H groups in total. The Labute approximate surface area is 216 Å². The summed E-state index contributed by atoms with van der Waals surface area (Å²) in [6.07, 6.45) is 13.1. The van der Waals surface area contributed by atoms with Gasteiger partial charge in [-0.05, 0) is 57.1 Å². The van der Waals surface area contributed by atoms with Gasteiger partial charge >= 0.3 is 6.01 Å². The van der Waals surface area contributed by atoms with Crippen molar-refractivity contribution in [2.45, 2.75) is 38.1 Å². The van der Waals surface area contributed by atoms with E-state index < -0.39 is 5.82 Å². The molecule has 0 radical (unpaired) electrons. The summed E-state index contributed by atoms with van der Waals surface area (Å²) < 4.78 is 22.5. The fourth-order valence-corrected chi connectivity index (χ4v) is 5.64. The van der Waals surface area contributed by atoms with Crippen LogP contribution >= 0.6 is 0 Å². The SMILES string of the molecule is C#Cc1cccc2cccc(-c3ncc4c(N5CCCCC5)nc(OC[C@@H]5CCCN5C)nc4c3F)c12. The Morgan fingerprint density at radius 3 is 2.62 bits per heavy atom. The van der Waals surface area contributed by atoms with E-state index in [0.29, 0.717) is 35.0 Å². The third-order valence-corrected chi connectivity index (χ3v) is 7.69. The van der Waals surface area contributed by atoms with Gasteiger partial charge in [0.05, 0.1) is 5.39 Å². The van der Waals surface area contributed by atoms with Crippen LogP contribution in [0.15, 0.2) is 42.6 Å². The van der Waals surface area contributed by atoms with Crippen molar-refractivity contribution in [2.24, 2.45) is 0 Å². The molecule has 4 heterocycles. The monoisotopic (exact) mass is 495 g/mol. The van der Waals surface area contributed by atoms with Crippen molar-refractivity contribution in [1.29, 1.82) is 0 Å². The van der Waals surface area contributed by atoms with E-state index in [1.807, 2.05) is 36.4 Å². The highest BCUT2D eigenvalue weighted by molar-refractivity contribution is 6.01. The lowest BCUT2D eigenvalue weighted by molar-refractivity contribution is 0.188. The van der Waals surface area contributed by atoms with Crippen molar-refractivity contribution in [3.8, 4) is 29.6 Å². The molecule has 0 amide bonds. The van der Waals surface area contributed by atoms with Crippen LogP contribution in [0.4, 0.5) is 10.2 Å². The Hall–Kier alpha value is -3.76. The number of piperidine rings is 1. The standard InChI is InChI=1S/C30H30FN5O/c1-3-20-10-7-11-21-12-8-14-23(25(20)21)27-26(31)28-24(18-32-27)29(36-16-5-4-6-17-36)34-30(33-28)37-19-22-13-9-15-35(22)2/h1,7-8,10-12,14,18,22H,4-6,9,13,15-17,19H2,2H3/t22-/m0/s1. The van der Waals surface area contributed by atoms with Crippen molar-refractivity contribution in [1.82, 2.24) is 19.9 Å². The fourth-order valence-electron chi connectivity index (χ4n) is 5.64. The van der Waals surface area contributed by atoms with E-state index in [2.05, 4.69) is 32.7 Å². The first-order valence-electron chi connectivity index (χ1n) is 13.1. The van der Waals surface area contributed by atoms with Crippen LogP contribution in [0.1, 0.15) is 37.7 Å². The Kier molecular flexibility index (Phi) is 6.35. The van der Waals surface area contributed by atoms with Gasteiger partial charge in [-0.3, -0.25) is 4.98 Å². The van der Waals surface area contributed by atoms with Gasteiger partial charge in [-0.1, -0.05) is 36.3 Å². The van der Waals surface area contributed by atoms with Crippen LogP contribution in [0.25, 0.3) is 32.9 Å². The number of likely N-dealkylation sites (tertiary alicyclic amines) is 1. The molecule has 2 saturated heterocycles. The van der Waals surface area contributed by atoms with Crippen molar-refractivity contribution in [3.05, 3.63) is 54.0 Å². The van der Waals surface area contributed by atoms with Crippen molar-refractivity contribution >= 4 is 27.5 Å². The minimum atomic E-state index is -0.486. The number of likely N-dealkylation sites (N-methyl/N-ethyl adjacent to an activating group) is 1. The second-order valence-corrected chi connectivity index (χ2v) is 10.0. The van der Waals surface area contributed by atoms with E-state index in [4.69, 9.17) is 16.1 Å². The van der Waals surface area contributed by atoms with Crippen LogP contribution in [0.3, 0.4) is 0 Å². The molecule has 2 aliphatic rings. The fraction of sp³-hybridized carbons (Fsp3) is 0.367. The van der Waals surface area contributed by atoms with Gasteiger partial charge < -0.3 is 14.5 Å². The quantitative estimate of drug-likeness (QED) is 0.344. The normalized spacial score (nSPS) is 18.4. The number of rotatable bonds is 5. The summed E-state index contributed by atoms with van der Waals surface area (Å²) in [6.45, 7) is 3.28. The number of hydrogen-bond donors (Lipinski definition) is 0. The van der Waals surface area contributed by atoms with Crippen LogP contribution in [-0.4, -0.2) is 59.2 Å². The number of pyridine rings is 1. The maximum Gasteiger partial charge on any atom is 0.319 e. The molecule has 188 valence electrons. The topological polar surface area (TPSA) is 54.4 Å². The zero-order valence-corrected chi connectivity index (χ0v) is 21.1. The summed E-state index contributed by atoms with van der Waals surface area (Å²) in [4.78, 5) is 18.5. The smallest absolute Gasteiger partial charge is 0.319 e. The molecule has 0 bridgehead atoms. The van der Waals surface area contributed by atoms with E-state index in [-0.39, 0.29) is 17.2 Å². The highest BCUT2D eigenvalue weighted by atomic mass is 19.1. The van der Waals surface area contributed by atoms with E-state index >= 15 is 4.39 Å². The number of terminal acetylenes is 1. The molecule has 37 heavy (non-hydrogen) atoms. The summed E-state index contributed by atoms with van der Waals surface area (Å²) in [7, 11) is 2.10. The molecule has 0 unspecified atom stereocenters. The van der Waals surface area contributed by atoms with Crippen LogP contribution in [0.2, 0.25) is 0 Å². The number of benzene rings is 2. The number of hydrogen-bond acceptors (Lipinski definition) is 6. The Balaban J connectivity index is 1.49. The zero-order chi connectivity index (χ0) is 25.4. The van der Waals surface area contributed by atoms with Gasteiger partial charge in [-0.15, -0.1) is 6.42 Å². The predicted molar refractivity (Wildman–Crippen MR) is 145 cm³/mol. The van der Waals surface area contributed by atoms with Gasteiger partial charge in [0.15, 0.2) is 5.82 Å². The third-order valence-electron chi connectivity index (χ3n) is 7.69. The Morgan fingerprint density at radius 2 is 1.86 bits per heavy atom. The second-order valence-electron chi connectivity index (χ2n) is 10.0. The molecular formula is C30H30FN5O. The van der Waals surface area contributed by atoms with Crippen molar-refractivity contribution in [3.63, 3.8) is 0 Å². The van der Waals surface area contributed by atoms with Gasteiger partial charge in [0.1, 0.15) is 23.6 Å². The molecule has 6 rings (SSSR count). The highest BCUT2D eigenvalue weighted by Crippen LogP contribution is 2.36. The summed E-state index contributed by atoms with van der Waals surface area (Å²) in [6, 6.07) is 12.0. The average Bonchev–Trinajstić information content (AvgIpc) is 3.36. The number of aromatic nitrogens is 3. The van der Waals surface area contributed by atoms with Gasteiger partial charge in [0.2, 0.25) is 0 Å². The summed E-state index contributed by atoms with van der Waals surface area (Å²) in [5.74, 6) is 2.95. The molecule has 0 spiro atoms. The maximum atomic E-state index is 16.4. The van der Waals surface area contributed by atoms with E-state index in [1.54, 1.807) is 6.20 Å². The second kappa shape index (κ2) is 9.95. The summed E-state index contributed by atoms with van der Waals surface area (Å²) >= 11 is 0. The average molecular weight is 496 g/mol. The molecule has 2 fully saturated rings. The Bertz CT molecular complexity index is 1500. The lowest BCUT2D eigenvalue weighted by Crippen LogP contribution is -2.32. The molecule has 1 atom stereocenters. The van der Waals surface area contributed by atoms with E-state index in [9.17, 15) is 0 Å². The predicted octanol–water partition coefficient (Wildman–Crippen LogP) is 5.43. The minimum absolute atomic E-state index is 0.214. The van der Waals surface area contributed by atoms with Crippen LogP contribution in [0, 0.1) is 18.2 Å². The molecule has 2 aromatic heterocycles. The first kappa shape index (κ1) is 23.6. The number of halogens is 1. The van der Waals surface area contributed by atoms with Crippen LogP contribution in [-0.2, 0) is 0 Å². The summed E-state index contributed by atoms with van der Waals surface area (Å²) in [5, 5.41) is 2.35. The van der Waals surface area contributed by atoms with Crippen molar-refractivity contribution in [2.75, 3.05) is 38.2 Å². The highest BCUT2D eigenvalue weighted by Gasteiger charge is 2.25. The zero-order valence-electron chi connectivity index (χ0n) is 21.1. The first-order valence-corrected chi connectivity index (χ1v) is 13.1. The molecule has 0 saturated carbocycles. The Morgan fingerprint density at radius 1 is 1.05 bits per heavy atom. The summed E-state index contributed by atoms with van der Waals surface area (Å²) in [5.41, 5.74) is 1.81. The molecule has 7 heteroatoms.